The van der Waals surface area contributed by atoms with Crippen LogP contribution in [0.1, 0.15) is 45.2 Å². The SMILES string of the molecule is CC(C)CCc1ccc2ccoc2c1.CC(C)Cc1ccc2ccoc2c1. The molecule has 27 heavy (non-hydrogen) atoms. The van der Waals surface area contributed by atoms with Crippen molar-refractivity contribution in [3.63, 3.8) is 0 Å². The van der Waals surface area contributed by atoms with Crippen molar-refractivity contribution >= 4 is 21.9 Å². The van der Waals surface area contributed by atoms with Gasteiger partial charge in [-0.2, -0.15) is 0 Å². The lowest BCUT2D eigenvalue weighted by atomic mass is 10.0. The van der Waals surface area contributed by atoms with Crippen LogP contribution in [0.15, 0.2) is 69.9 Å². The highest BCUT2D eigenvalue weighted by atomic mass is 16.3. The molecule has 4 rings (SSSR count). The Balaban J connectivity index is 0.000000156. The van der Waals surface area contributed by atoms with Crippen molar-refractivity contribution in [3.05, 3.63) is 72.2 Å². The third-order valence-electron chi connectivity index (χ3n) is 4.70. The van der Waals surface area contributed by atoms with Crippen LogP contribution in [-0.2, 0) is 12.8 Å². The molecule has 2 heteroatoms. The van der Waals surface area contributed by atoms with Crippen LogP contribution in [0.3, 0.4) is 0 Å². The molecule has 0 radical (unpaired) electrons. The van der Waals surface area contributed by atoms with Gasteiger partial charge in [0, 0.05) is 10.8 Å². The number of benzene rings is 2. The van der Waals surface area contributed by atoms with Crippen LogP contribution in [0, 0.1) is 11.8 Å². The zero-order valence-corrected chi connectivity index (χ0v) is 16.9. The van der Waals surface area contributed by atoms with E-state index in [1.54, 1.807) is 12.5 Å². The van der Waals surface area contributed by atoms with Crippen LogP contribution < -0.4 is 0 Å². The van der Waals surface area contributed by atoms with Crippen molar-refractivity contribution in [3.8, 4) is 0 Å². The highest BCUT2D eigenvalue weighted by Gasteiger charge is 2.01. The second-order valence-electron chi connectivity index (χ2n) is 8.12. The van der Waals surface area contributed by atoms with Gasteiger partial charge in [0.2, 0.25) is 0 Å². The summed E-state index contributed by atoms with van der Waals surface area (Å²) in [5.74, 6) is 1.47. The maximum absolute atomic E-state index is 5.37. The van der Waals surface area contributed by atoms with Crippen LogP contribution in [0.2, 0.25) is 0 Å². The first kappa shape index (κ1) is 19.3. The molecular formula is C25H30O2. The lowest BCUT2D eigenvalue weighted by Gasteiger charge is -2.04. The summed E-state index contributed by atoms with van der Waals surface area (Å²) >= 11 is 0. The van der Waals surface area contributed by atoms with Crippen LogP contribution in [-0.4, -0.2) is 0 Å². The molecule has 0 amide bonds. The number of hydrogen-bond donors (Lipinski definition) is 0. The Bertz CT molecular complexity index is 972. The summed E-state index contributed by atoms with van der Waals surface area (Å²) in [6.45, 7) is 8.97. The minimum atomic E-state index is 0.701. The van der Waals surface area contributed by atoms with Crippen molar-refractivity contribution in [2.24, 2.45) is 11.8 Å². The summed E-state index contributed by atoms with van der Waals surface area (Å²) in [5, 5.41) is 2.38. The smallest absolute Gasteiger partial charge is 0.134 e. The van der Waals surface area contributed by atoms with E-state index in [9.17, 15) is 0 Å². The summed E-state index contributed by atoms with van der Waals surface area (Å²) < 4.78 is 10.7. The molecule has 0 fully saturated rings. The molecule has 0 spiro atoms. The third-order valence-corrected chi connectivity index (χ3v) is 4.70. The van der Waals surface area contributed by atoms with Crippen LogP contribution in [0.25, 0.3) is 21.9 Å². The minimum absolute atomic E-state index is 0.701. The molecule has 4 aromatic rings. The second kappa shape index (κ2) is 8.94. The third kappa shape index (κ3) is 5.50. The van der Waals surface area contributed by atoms with Crippen LogP contribution >= 0.6 is 0 Å². The van der Waals surface area contributed by atoms with Crippen molar-refractivity contribution in [2.75, 3.05) is 0 Å². The molecule has 0 aliphatic rings. The van der Waals surface area contributed by atoms with E-state index in [1.165, 1.54) is 28.3 Å². The first-order valence-corrected chi connectivity index (χ1v) is 9.93. The topological polar surface area (TPSA) is 26.3 Å². The second-order valence-corrected chi connectivity index (χ2v) is 8.12. The maximum atomic E-state index is 5.37. The molecule has 0 N–H and O–H groups in total. The van der Waals surface area contributed by atoms with Crippen molar-refractivity contribution in [2.45, 2.75) is 47.0 Å². The van der Waals surface area contributed by atoms with Crippen LogP contribution in [0.5, 0.6) is 0 Å². The normalized spacial score (nSPS) is 11.3. The summed E-state index contributed by atoms with van der Waals surface area (Å²) in [6, 6.07) is 16.9. The highest BCUT2D eigenvalue weighted by Crippen LogP contribution is 2.19. The summed E-state index contributed by atoms with van der Waals surface area (Å²) in [7, 11) is 0. The van der Waals surface area contributed by atoms with Crippen molar-refractivity contribution in [1.82, 2.24) is 0 Å². The molecule has 2 nitrogen and oxygen atoms in total. The molecule has 0 atom stereocenters. The Morgan fingerprint density at radius 3 is 1.78 bits per heavy atom. The van der Waals surface area contributed by atoms with Gasteiger partial charge < -0.3 is 8.83 Å². The fourth-order valence-corrected chi connectivity index (χ4v) is 3.21. The molecule has 0 aliphatic carbocycles. The van der Waals surface area contributed by atoms with E-state index in [0.717, 1.165) is 29.9 Å². The largest absolute Gasteiger partial charge is 0.464 e. The standard InChI is InChI=1S/C13H16O.C12H14O/c1-10(2)3-4-11-5-6-12-7-8-14-13(12)9-11;1-9(2)7-10-3-4-11-5-6-13-12(11)8-10/h5-10H,3-4H2,1-2H3;3-6,8-9H,7H2,1-2H3. The summed E-state index contributed by atoms with van der Waals surface area (Å²) in [4.78, 5) is 0. The Morgan fingerprint density at radius 2 is 1.22 bits per heavy atom. The van der Waals surface area contributed by atoms with Gasteiger partial charge in [-0.1, -0.05) is 52.0 Å². The van der Waals surface area contributed by atoms with Gasteiger partial charge in [-0.05, 0) is 66.5 Å². The van der Waals surface area contributed by atoms with Gasteiger partial charge in [-0.15, -0.1) is 0 Å². The van der Waals surface area contributed by atoms with Crippen molar-refractivity contribution in [1.29, 1.82) is 0 Å². The molecule has 0 saturated carbocycles. The number of furan rings is 2. The van der Waals surface area contributed by atoms with Crippen molar-refractivity contribution < 1.29 is 8.83 Å². The Labute approximate surface area is 162 Å². The van der Waals surface area contributed by atoms with E-state index in [-0.39, 0.29) is 0 Å². The molecule has 2 aromatic heterocycles. The zero-order chi connectivity index (χ0) is 19.2. The number of aryl methyl sites for hydroxylation is 1. The van der Waals surface area contributed by atoms with Gasteiger partial charge in [0.05, 0.1) is 12.5 Å². The van der Waals surface area contributed by atoms with Gasteiger partial charge in [0.1, 0.15) is 11.2 Å². The lowest BCUT2D eigenvalue weighted by molar-refractivity contribution is 0.585. The van der Waals surface area contributed by atoms with E-state index < -0.39 is 0 Å². The van der Waals surface area contributed by atoms with E-state index in [1.807, 2.05) is 12.1 Å². The summed E-state index contributed by atoms with van der Waals surface area (Å²) in [6.07, 6.45) is 7.00. The number of hydrogen-bond acceptors (Lipinski definition) is 2. The molecular weight excluding hydrogens is 332 g/mol. The Morgan fingerprint density at radius 1 is 0.667 bits per heavy atom. The van der Waals surface area contributed by atoms with E-state index in [4.69, 9.17) is 8.83 Å². The predicted octanol–water partition coefficient (Wildman–Crippen LogP) is 7.65. The van der Waals surface area contributed by atoms with Gasteiger partial charge in [0.25, 0.3) is 0 Å². The first-order valence-electron chi connectivity index (χ1n) is 9.93. The average Bonchev–Trinajstić information content (AvgIpc) is 3.28. The number of fused-ring (bicyclic) bond motifs is 2. The van der Waals surface area contributed by atoms with Gasteiger partial charge in [-0.25, -0.2) is 0 Å². The quantitative estimate of drug-likeness (QED) is 0.364. The Kier molecular flexibility index (Phi) is 6.39. The molecule has 0 aliphatic heterocycles. The van der Waals surface area contributed by atoms with E-state index >= 15 is 0 Å². The summed E-state index contributed by atoms with van der Waals surface area (Å²) in [5.41, 5.74) is 4.74. The Hall–Kier alpha value is -2.48. The minimum Gasteiger partial charge on any atom is -0.464 e. The van der Waals surface area contributed by atoms with E-state index in [2.05, 4.69) is 64.1 Å². The monoisotopic (exact) mass is 362 g/mol. The van der Waals surface area contributed by atoms with Gasteiger partial charge >= 0.3 is 0 Å². The van der Waals surface area contributed by atoms with E-state index in [0.29, 0.717) is 5.92 Å². The molecule has 0 saturated heterocycles. The molecule has 142 valence electrons. The van der Waals surface area contributed by atoms with Gasteiger partial charge in [-0.3, -0.25) is 0 Å². The van der Waals surface area contributed by atoms with Crippen LogP contribution in [0.4, 0.5) is 0 Å². The predicted molar refractivity (Wildman–Crippen MR) is 114 cm³/mol. The zero-order valence-electron chi connectivity index (χ0n) is 16.9. The first-order chi connectivity index (χ1) is 13.0. The molecule has 2 heterocycles. The lowest BCUT2D eigenvalue weighted by Crippen LogP contribution is -1.92. The molecule has 2 aromatic carbocycles. The molecule has 0 unspecified atom stereocenters. The maximum Gasteiger partial charge on any atom is 0.134 e. The van der Waals surface area contributed by atoms with Gasteiger partial charge in [0.15, 0.2) is 0 Å². The molecule has 0 bridgehead atoms. The fourth-order valence-electron chi connectivity index (χ4n) is 3.21. The highest BCUT2D eigenvalue weighted by molar-refractivity contribution is 5.78. The fraction of sp³-hybridized carbons (Fsp3) is 0.360. The average molecular weight is 363 g/mol. The number of rotatable bonds is 5.